The summed E-state index contributed by atoms with van der Waals surface area (Å²) in [6.07, 6.45) is 13.2. The van der Waals surface area contributed by atoms with Crippen molar-refractivity contribution < 1.29 is 9.53 Å². The number of Topliss-reactive ketones (excluding diaryl/α,β-unsaturated/α-hetero) is 1. The molecule has 4 heteroatoms. The van der Waals surface area contributed by atoms with Crippen molar-refractivity contribution in [3.05, 3.63) is 0 Å². The standard InChI is InChI=1S/C23H38N2O2/c1-22-9-7-16(14-25-15-27-12-11-24)13-17(22)3-4-18-19-5-6-21(26)23(19,2)10-8-20(18)22/h14,16-20H,3-13,15,24H2,1-2H3/t16-,17?,18?,19?,20?,22-,23-/m0/s1. The molecule has 0 amide bonds. The summed E-state index contributed by atoms with van der Waals surface area (Å²) in [5.74, 6) is 4.31. The lowest BCUT2D eigenvalue weighted by atomic mass is 9.45. The third kappa shape index (κ3) is 3.31. The van der Waals surface area contributed by atoms with Crippen LogP contribution in [0.4, 0.5) is 0 Å². The minimum absolute atomic E-state index is 0.0117. The number of ketones is 1. The molecule has 0 aromatic carbocycles. The number of rotatable bonds is 5. The van der Waals surface area contributed by atoms with E-state index < -0.39 is 0 Å². The predicted molar refractivity (Wildman–Crippen MR) is 109 cm³/mol. The van der Waals surface area contributed by atoms with Crippen molar-refractivity contribution >= 4 is 12.0 Å². The summed E-state index contributed by atoms with van der Waals surface area (Å²) in [6.45, 7) is 6.49. The predicted octanol–water partition coefficient (Wildman–Crippen LogP) is 4.22. The fourth-order valence-electron chi connectivity index (χ4n) is 7.59. The smallest absolute Gasteiger partial charge is 0.139 e. The second kappa shape index (κ2) is 7.59. The van der Waals surface area contributed by atoms with Crippen molar-refractivity contribution in [2.45, 2.75) is 71.6 Å². The number of hydrogen-bond acceptors (Lipinski definition) is 4. The van der Waals surface area contributed by atoms with Crippen LogP contribution in [0.25, 0.3) is 0 Å². The average molecular weight is 375 g/mol. The monoisotopic (exact) mass is 374 g/mol. The Kier molecular flexibility index (Phi) is 5.50. The SMILES string of the molecule is C[C@]12CC[C@H](C=NCOCCN)CC1CCC1C2CC[C@]2(C)C(=O)CCC12. The number of nitrogens with two attached hydrogens (primary N) is 1. The Balaban J connectivity index is 1.41. The van der Waals surface area contributed by atoms with Crippen molar-refractivity contribution in [1.29, 1.82) is 0 Å². The molecule has 152 valence electrons. The van der Waals surface area contributed by atoms with Gasteiger partial charge in [0, 0.05) is 24.6 Å². The van der Waals surface area contributed by atoms with Gasteiger partial charge in [0.15, 0.2) is 0 Å². The number of ether oxygens (including phenoxy) is 1. The molecule has 4 unspecified atom stereocenters. The minimum atomic E-state index is 0.0117. The lowest BCUT2D eigenvalue weighted by molar-refractivity contribution is -0.139. The third-order valence-electron chi connectivity index (χ3n) is 9.16. The molecule has 4 rings (SSSR count). The summed E-state index contributed by atoms with van der Waals surface area (Å²) in [5, 5.41) is 0. The number of fused-ring (bicyclic) bond motifs is 5. The summed E-state index contributed by atoms with van der Waals surface area (Å²) < 4.78 is 5.38. The highest BCUT2D eigenvalue weighted by Gasteiger charge is 2.60. The van der Waals surface area contributed by atoms with Crippen LogP contribution in [0.2, 0.25) is 0 Å². The Bertz CT molecular complexity index is 591. The van der Waals surface area contributed by atoms with Gasteiger partial charge in [-0.3, -0.25) is 9.79 Å². The van der Waals surface area contributed by atoms with Gasteiger partial charge in [-0.25, -0.2) is 0 Å². The van der Waals surface area contributed by atoms with E-state index in [1.165, 1.54) is 38.5 Å². The molecule has 0 heterocycles. The molecule has 4 fully saturated rings. The van der Waals surface area contributed by atoms with E-state index in [0.717, 1.165) is 37.0 Å². The van der Waals surface area contributed by atoms with E-state index in [9.17, 15) is 4.79 Å². The number of carbonyl (C=O) groups is 1. The molecule has 27 heavy (non-hydrogen) atoms. The van der Waals surface area contributed by atoms with Gasteiger partial charge in [-0.15, -0.1) is 0 Å². The third-order valence-corrected chi connectivity index (χ3v) is 9.16. The first-order valence-electron chi connectivity index (χ1n) is 11.3. The molecule has 0 saturated heterocycles. The van der Waals surface area contributed by atoms with Crippen LogP contribution < -0.4 is 5.73 Å². The average Bonchev–Trinajstić information content (AvgIpc) is 2.97. The van der Waals surface area contributed by atoms with Gasteiger partial charge in [0.05, 0.1) is 6.61 Å². The van der Waals surface area contributed by atoms with Crippen LogP contribution in [0.15, 0.2) is 4.99 Å². The van der Waals surface area contributed by atoms with Crippen LogP contribution in [-0.2, 0) is 9.53 Å². The zero-order chi connectivity index (χ0) is 19.1. The molecule has 0 spiro atoms. The van der Waals surface area contributed by atoms with Gasteiger partial charge in [0.25, 0.3) is 0 Å². The van der Waals surface area contributed by atoms with Crippen molar-refractivity contribution in [1.82, 2.24) is 0 Å². The molecule has 4 nitrogen and oxygen atoms in total. The van der Waals surface area contributed by atoms with Gasteiger partial charge in [0.2, 0.25) is 0 Å². The molecular weight excluding hydrogens is 336 g/mol. The van der Waals surface area contributed by atoms with E-state index in [2.05, 4.69) is 25.1 Å². The molecule has 0 aliphatic heterocycles. The molecule has 4 aliphatic carbocycles. The highest BCUT2D eigenvalue weighted by molar-refractivity contribution is 5.87. The summed E-state index contributed by atoms with van der Waals surface area (Å²) in [5.41, 5.74) is 5.94. The van der Waals surface area contributed by atoms with Crippen LogP contribution in [0.1, 0.15) is 71.6 Å². The van der Waals surface area contributed by atoms with E-state index in [1.807, 2.05) is 0 Å². The second-order valence-corrected chi connectivity index (χ2v) is 10.3. The zero-order valence-electron chi connectivity index (χ0n) is 17.3. The topological polar surface area (TPSA) is 64.7 Å². The van der Waals surface area contributed by atoms with Gasteiger partial charge in [-0.2, -0.15) is 0 Å². The number of carbonyl (C=O) groups excluding carboxylic acids is 1. The van der Waals surface area contributed by atoms with Crippen molar-refractivity contribution in [2.75, 3.05) is 19.9 Å². The first-order chi connectivity index (χ1) is 13.0. The molecule has 0 aromatic rings. The van der Waals surface area contributed by atoms with Crippen molar-refractivity contribution in [3.8, 4) is 0 Å². The van der Waals surface area contributed by atoms with Crippen molar-refractivity contribution in [3.63, 3.8) is 0 Å². The fourth-order valence-corrected chi connectivity index (χ4v) is 7.59. The minimum Gasteiger partial charge on any atom is -0.358 e. The Labute approximate surface area is 164 Å². The Morgan fingerprint density at radius 1 is 1.15 bits per heavy atom. The molecule has 4 aliphatic rings. The lowest BCUT2D eigenvalue weighted by Crippen LogP contribution is -2.53. The maximum Gasteiger partial charge on any atom is 0.139 e. The van der Waals surface area contributed by atoms with Crippen LogP contribution in [0.5, 0.6) is 0 Å². The van der Waals surface area contributed by atoms with E-state index in [1.54, 1.807) is 0 Å². The Morgan fingerprint density at radius 3 is 2.81 bits per heavy atom. The summed E-state index contributed by atoms with van der Waals surface area (Å²) in [6, 6.07) is 0. The molecule has 4 saturated carbocycles. The van der Waals surface area contributed by atoms with E-state index in [0.29, 0.717) is 42.9 Å². The number of nitrogens with zero attached hydrogens (tertiary/aromatic N) is 1. The summed E-state index contributed by atoms with van der Waals surface area (Å²) in [4.78, 5) is 17.0. The van der Waals surface area contributed by atoms with E-state index in [-0.39, 0.29) is 5.41 Å². The van der Waals surface area contributed by atoms with Gasteiger partial charge < -0.3 is 10.5 Å². The highest BCUT2D eigenvalue weighted by atomic mass is 16.5. The molecule has 7 atom stereocenters. The summed E-state index contributed by atoms with van der Waals surface area (Å²) >= 11 is 0. The fraction of sp³-hybridized carbons (Fsp3) is 0.913. The lowest BCUT2D eigenvalue weighted by Gasteiger charge is -2.60. The Morgan fingerprint density at radius 2 is 2.00 bits per heavy atom. The van der Waals surface area contributed by atoms with Gasteiger partial charge in [0.1, 0.15) is 12.5 Å². The Hall–Kier alpha value is -0.740. The highest BCUT2D eigenvalue weighted by Crippen LogP contribution is 2.65. The van der Waals surface area contributed by atoms with E-state index >= 15 is 0 Å². The first-order valence-corrected chi connectivity index (χ1v) is 11.3. The van der Waals surface area contributed by atoms with E-state index in [4.69, 9.17) is 10.5 Å². The second-order valence-electron chi connectivity index (χ2n) is 10.3. The van der Waals surface area contributed by atoms with Gasteiger partial charge >= 0.3 is 0 Å². The molecule has 2 N–H and O–H groups in total. The molecule has 0 aromatic heterocycles. The number of aliphatic imine (C=N–C) groups is 1. The normalized spacial score (nSPS) is 46.9. The van der Waals surface area contributed by atoms with Crippen molar-refractivity contribution in [2.24, 2.45) is 51.1 Å². The maximum absolute atomic E-state index is 12.5. The first kappa shape index (κ1) is 19.6. The quantitative estimate of drug-likeness (QED) is 0.579. The number of hydrogen-bond donors (Lipinski definition) is 1. The summed E-state index contributed by atoms with van der Waals surface area (Å²) in [7, 11) is 0. The van der Waals surface area contributed by atoms with Gasteiger partial charge in [-0.05, 0) is 86.4 Å². The maximum atomic E-state index is 12.5. The van der Waals surface area contributed by atoms with Crippen LogP contribution in [-0.4, -0.2) is 31.9 Å². The zero-order valence-corrected chi connectivity index (χ0v) is 17.3. The molecule has 0 bridgehead atoms. The molecule has 0 radical (unpaired) electrons. The van der Waals surface area contributed by atoms with Crippen LogP contribution in [0.3, 0.4) is 0 Å². The van der Waals surface area contributed by atoms with Crippen LogP contribution >= 0.6 is 0 Å². The van der Waals surface area contributed by atoms with Crippen LogP contribution in [0, 0.1) is 40.4 Å². The largest absolute Gasteiger partial charge is 0.358 e. The van der Waals surface area contributed by atoms with Gasteiger partial charge in [-0.1, -0.05) is 13.8 Å². The molecular formula is C23H38N2O2.